The number of ether oxygens (including phenoxy) is 2. The van der Waals surface area contributed by atoms with Gasteiger partial charge in [0.1, 0.15) is 24.7 Å². The Morgan fingerprint density at radius 1 is 1.06 bits per heavy atom. The molecule has 2 bridgehead atoms. The van der Waals surface area contributed by atoms with Crippen LogP contribution in [0.1, 0.15) is 30.0 Å². The summed E-state index contributed by atoms with van der Waals surface area (Å²) in [7, 11) is 0. The number of carbonyl (C=O) groups is 2. The summed E-state index contributed by atoms with van der Waals surface area (Å²) in [6.45, 7) is 0.577. The molecule has 4 atom stereocenters. The molecule has 0 aliphatic carbocycles. The minimum Gasteiger partial charge on any atom is -0.493 e. The van der Waals surface area contributed by atoms with Crippen molar-refractivity contribution in [3.05, 3.63) is 71.3 Å². The lowest BCUT2D eigenvalue weighted by molar-refractivity contribution is -0.129. The van der Waals surface area contributed by atoms with E-state index in [0.29, 0.717) is 17.7 Å². The summed E-state index contributed by atoms with van der Waals surface area (Å²) in [5, 5.41) is 9.16. The standard InChI is InChI=1S/C26H22F2N2O4/c1-25-8-9-26(34-25,10-11-33-20-6-2-16(13-27)3-7-20)22-21(25)23(31)30(24(22)32)19-5-4-17(15-29)18(12-19)14-28/h2-9,12,21-22H,10-11,13-14H2,1H3/t21-,22+,25?,26?/m1/s1. The van der Waals surface area contributed by atoms with Crippen LogP contribution in [0.5, 0.6) is 5.75 Å². The van der Waals surface area contributed by atoms with Crippen molar-refractivity contribution >= 4 is 17.5 Å². The van der Waals surface area contributed by atoms with Gasteiger partial charge in [-0.3, -0.25) is 9.59 Å². The number of benzene rings is 2. The second kappa shape index (κ2) is 8.03. The Morgan fingerprint density at radius 2 is 1.79 bits per heavy atom. The number of fused-ring (bicyclic) bond motifs is 5. The Kier molecular flexibility index (Phi) is 5.25. The first-order valence-corrected chi connectivity index (χ1v) is 11.0. The van der Waals surface area contributed by atoms with Crippen LogP contribution < -0.4 is 9.64 Å². The van der Waals surface area contributed by atoms with Crippen molar-refractivity contribution in [2.24, 2.45) is 11.8 Å². The highest BCUT2D eigenvalue weighted by Crippen LogP contribution is 2.59. The molecule has 2 fully saturated rings. The molecule has 6 nitrogen and oxygen atoms in total. The molecule has 0 aromatic heterocycles. The molecule has 2 saturated heterocycles. The summed E-state index contributed by atoms with van der Waals surface area (Å²) in [6.07, 6.45) is 4.00. The van der Waals surface area contributed by atoms with Gasteiger partial charge in [-0.1, -0.05) is 24.3 Å². The van der Waals surface area contributed by atoms with Gasteiger partial charge in [-0.2, -0.15) is 5.26 Å². The van der Waals surface area contributed by atoms with Crippen LogP contribution in [-0.4, -0.2) is 29.6 Å². The average molecular weight is 464 g/mol. The maximum atomic E-state index is 13.5. The molecule has 174 valence electrons. The van der Waals surface area contributed by atoms with Gasteiger partial charge in [0.2, 0.25) is 11.8 Å². The smallest absolute Gasteiger partial charge is 0.241 e. The summed E-state index contributed by atoms with van der Waals surface area (Å²) in [5.41, 5.74) is -0.853. The number of amides is 2. The first kappa shape index (κ1) is 22.2. The fourth-order valence-electron chi connectivity index (χ4n) is 5.34. The van der Waals surface area contributed by atoms with E-state index in [1.54, 1.807) is 31.2 Å². The Labute approximate surface area is 195 Å². The second-order valence-corrected chi connectivity index (χ2v) is 9.00. The zero-order chi connectivity index (χ0) is 24.1. The van der Waals surface area contributed by atoms with Crippen molar-refractivity contribution in [3.8, 4) is 11.8 Å². The zero-order valence-corrected chi connectivity index (χ0v) is 18.5. The molecule has 5 rings (SSSR count). The van der Waals surface area contributed by atoms with Crippen molar-refractivity contribution in [2.75, 3.05) is 11.5 Å². The van der Waals surface area contributed by atoms with Gasteiger partial charge in [-0.15, -0.1) is 0 Å². The Balaban J connectivity index is 1.39. The maximum Gasteiger partial charge on any atom is 0.241 e. The topological polar surface area (TPSA) is 79.6 Å². The molecule has 0 radical (unpaired) electrons. The predicted molar refractivity (Wildman–Crippen MR) is 118 cm³/mol. The summed E-state index contributed by atoms with van der Waals surface area (Å²) in [5.74, 6) is -1.69. The van der Waals surface area contributed by atoms with Gasteiger partial charge in [0.25, 0.3) is 0 Å². The number of carbonyl (C=O) groups excluding carboxylic acids is 2. The molecule has 34 heavy (non-hydrogen) atoms. The molecule has 3 aliphatic heterocycles. The van der Waals surface area contributed by atoms with Crippen LogP contribution >= 0.6 is 0 Å². The minimum atomic E-state index is -1.00. The highest BCUT2D eigenvalue weighted by atomic mass is 19.1. The van der Waals surface area contributed by atoms with Crippen LogP contribution in [0, 0.1) is 23.2 Å². The third kappa shape index (κ3) is 3.23. The van der Waals surface area contributed by atoms with Crippen LogP contribution in [0.15, 0.2) is 54.6 Å². The zero-order valence-electron chi connectivity index (χ0n) is 18.5. The van der Waals surface area contributed by atoms with Crippen LogP contribution in [0.25, 0.3) is 0 Å². The van der Waals surface area contributed by atoms with E-state index in [-0.39, 0.29) is 23.4 Å². The van der Waals surface area contributed by atoms with E-state index in [2.05, 4.69) is 0 Å². The van der Waals surface area contributed by atoms with Crippen molar-refractivity contribution in [1.82, 2.24) is 0 Å². The van der Waals surface area contributed by atoms with E-state index in [0.717, 1.165) is 4.90 Å². The highest BCUT2D eigenvalue weighted by molar-refractivity contribution is 6.23. The van der Waals surface area contributed by atoms with Gasteiger partial charge in [0.15, 0.2) is 0 Å². The monoisotopic (exact) mass is 464 g/mol. The molecule has 2 aromatic rings. The van der Waals surface area contributed by atoms with Crippen LogP contribution in [-0.2, 0) is 27.7 Å². The first-order valence-electron chi connectivity index (χ1n) is 11.0. The summed E-state index contributed by atoms with van der Waals surface area (Å²) in [6, 6.07) is 12.8. The molecule has 2 unspecified atom stereocenters. The third-order valence-corrected chi connectivity index (χ3v) is 7.01. The molecular weight excluding hydrogens is 442 g/mol. The van der Waals surface area contributed by atoms with Gasteiger partial charge in [-0.25, -0.2) is 13.7 Å². The van der Waals surface area contributed by atoms with E-state index in [4.69, 9.17) is 14.7 Å². The van der Waals surface area contributed by atoms with Crippen molar-refractivity contribution < 1.29 is 27.8 Å². The summed E-state index contributed by atoms with van der Waals surface area (Å²) in [4.78, 5) is 28.1. The third-order valence-electron chi connectivity index (χ3n) is 7.01. The minimum absolute atomic E-state index is 0.128. The number of anilines is 1. The number of hydrogen-bond donors (Lipinski definition) is 0. The van der Waals surface area contributed by atoms with E-state index in [1.807, 2.05) is 18.2 Å². The van der Waals surface area contributed by atoms with Crippen LogP contribution in [0.3, 0.4) is 0 Å². The molecule has 3 heterocycles. The van der Waals surface area contributed by atoms with E-state index in [1.165, 1.54) is 18.2 Å². The van der Waals surface area contributed by atoms with Crippen molar-refractivity contribution in [3.63, 3.8) is 0 Å². The number of alkyl halides is 2. The SMILES string of the molecule is CC12C=CC(CCOc3ccc(CF)cc3)(O1)[C@@H]1C(=O)N(c3ccc(C#N)c(CF)c3)C(=O)[C@@H]12. The molecule has 2 amide bonds. The number of nitrogens with zero attached hydrogens (tertiary/aromatic N) is 2. The number of hydrogen-bond acceptors (Lipinski definition) is 5. The first-order chi connectivity index (χ1) is 16.4. The average Bonchev–Trinajstić information content (AvgIpc) is 3.43. The number of imide groups is 1. The molecule has 8 heteroatoms. The molecule has 0 spiro atoms. The lowest BCUT2D eigenvalue weighted by Gasteiger charge is -2.29. The van der Waals surface area contributed by atoms with Crippen molar-refractivity contribution in [1.29, 1.82) is 5.26 Å². The molecule has 2 aromatic carbocycles. The number of nitriles is 1. The predicted octanol–water partition coefficient (Wildman–Crippen LogP) is 4.17. The molecular formula is C26H22F2N2O4. The van der Waals surface area contributed by atoms with Gasteiger partial charge < -0.3 is 9.47 Å². The van der Waals surface area contributed by atoms with Crippen LogP contribution in [0.4, 0.5) is 14.5 Å². The quantitative estimate of drug-likeness (QED) is 0.454. The van der Waals surface area contributed by atoms with E-state index in [9.17, 15) is 18.4 Å². The van der Waals surface area contributed by atoms with Gasteiger partial charge in [0, 0.05) is 12.0 Å². The number of rotatable bonds is 7. The Morgan fingerprint density at radius 3 is 2.47 bits per heavy atom. The van der Waals surface area contributed by atoms with Crippen LogP contribution in [0.2, 0.25) is 0 Å². The van der Waals surface area contributed by atoms with Gasteiger partial charge >= 0.3 is 0 Å². The Bertz CT molecular complexity index is 1240. The lowest BCUT2D eigenvalue weighted by Crippen LogP contribution is -2.42. The van der Waals surface area contributed by atoms with Gasteiger partial charge in [-0.05, 0) is 42.8 Å². The van der Waals surface area contributed by atoms with Gasteiger partial charge in [0.05, 0.1) is 41.4 Å². The lowest BCUT2D eigenvalue weighted by atomic mass is 9.71. The fraction of sp³-hybridized carbons (Fsp3) is 0.346. The number of halogens is 2. The molecule has 0 saturated carbocycles. The maximum absolute atomic E-state index is 13.5. The normalized spacial score (nSPS) is 28.9. The van der Waals surface area contributed by atoms with E-state index >= 15 is 0 Å². The second-order valence-electron chi connectivity index (χ2n) is 9.00. The molecule has 3 aliphatic rings. The Hall–Kier alpha value is -3.57. The van der Waals surface area contributed by atoms with Crippen molar-refractivity contribution in [2.45, 2.75) is 37.9 Å². The van der Waals surface area contributed by atoms with E-state index < -0.39 is 48.2 Å². The largest absolute Gasteiger partial charge is 0.493 e. The molecule has 0 N–H and O–H groups in total. The summed E-state index contributed by atoms with van der Waals surface area (Å²) >= 11 is 0. The fourth-order valence-corrected chi connectivity index (χ4v) is 5.34. The highest BCUT2D eigenvalue weighted by Gasteiger charge is 2.71. The summed E-state index contributed by atoms with van der Waals surface area (Å²) < 4.78 is 38.2.